The number of hydrogen-bond donors (Lipinski definition) is 0. The smallest absolute Gasteiger partial charge is 0.330 e. The Morgan fingerprint density at radius 2 is 1.19 bits per heavy atom. The number of rotatable bonds is 9. The van der Waals surface area contributed by atoms with Gasteiger partial charge in [0.05, 0.1) is 11.8 Å². The predicted molar refractivity (Wildman–Crippen MR) is 180 cm³/mol. The van der Waals surface area contributed by atoms with E-state index < -0.39 is 57.3 Å². The van der Waals surface area contributed by atoms with E-state index in [1.165, 1.54) is 12.1 Å². The number of imide groups is 1. The summed E-state index contributed by atoms with van der Waals surface area (Å²) < 4.78 is 5.86. The summed E-state index contributed by atoms with van der Waals surface area (Å²) in [4.78, 5) is 55.3. The Balaban J connectivity index is 1.31. The van der Waals surface area contributed by atoms with Crippen LogP contribution in [0.3, 0.4) is 0 Å². The standard InChI is InChI=1S/C37H27Cl4NO5/c38-19-18-29(32(43)22-14-16-23(39)17-15-22)47-35(46)28(20-21-8-2-1-3-9-21)42-33(44)30-31(34(42)45)37(41)25-11-5-4-10-24(25)36(30,40)26-12-6-7-13-27(26)37/h1-17,28-31H,18-20H2/t28-,29-,30+,31+,36?,37?/m0/s1. The van der Waals surface area contributed by atoms with Gasteiger partial charge in [-0.05, 0) is 52.1 Å². The third-order valence-corrected chi connectivity index (χ3v) is 11.3. The number of ketones is 1. The molecule has 1 saturated heterocycles. The van der Waals surface area contributed by atoms with Gasteiger partial charge in [-0.15, -0.1) is 34.8 Å². The maximum atomic E-state index is 14.7. The van der Waals surface area contributed by atoms with E-state index in [0.717, 1.165) is 4.90 Å². The average molecular weight is 707 g/mol. The molecule has 4 aromatic rings. The first-order valence-corrected chi connectivity index (χ1v) is 16.8. The summed E-state index contributed by atoms with van der Waals surface area (Å²) >= 11 is 27.2. The van der Waals surface area contributed by atoms with Crippen LogP contribution in [0.2, 0.25) is 5.02 Å². The van der Waals surface area contributed by atoms with E-state index in [1.807, 2.05) is 54.6 Å². The van der Waals surface area contributed by atoms with E-state index >= 15 is 0 Å². The second-order valence-electron chi connectivity index (χ2n) is 12.0. The highest BCUT2D eigenvalue weighted by Crippen LogP contribution is 2.69. The van der Waals surface area contributed by atoms with Gasteiger partial charge in [-0.3, -0.25) is 19.3 Å². The number of nitrogens with zero attached hydrogens (tertiary/aromatic N) is 1. The SMILES string of the molecule is O=C(c1ccc(Cl)cc1)[C@H](CCCl)OC(=O)[C@H](Cc1ccccc1)N1C(=O)[C@H]2[C@H](C1=O)C1(Cl)c3ccccc3C2(Cl)c2ccccc21. The highest BCUT2D eigenvalue weighted by atomic mass is 35.5. The zero-order chi connectivity index (χ0) is 33.1. The van der Waals surface area contributed by atoms with Crippen LogP contribution in [0.1, 0.15) is 44.6 Å². The van der Waals surface area contributed by atoms with Gasteiger partial charge in [-0.2, -0.15) is 0 Å². The van der Waals surface area contributed by atoms with Crippen molar-refractivity contribution in [2.45, 2.75) is 34.7 Å². The Hall–Kier alpha value is -3.68. The minimum atomic E-state index is -1.41. The van der Waals surface area contributed by atoms with Crippen LogP contribution in [-0.4, -0.2) is 46.5 Å². The van der Waals surface area contributed by atoms with E-state index in [1.54, 1.807) is 36.4 Å². The molecule has 3 aliphatic carbocycles. The van der Waals surface area contributed by atoms with Gasteiger partial charge in [0.1, 0.15) is 15.8 Å². The quantitative estimate of drug-likeness (QED) is 0.0792. The van der Waals surface area contributed by atoms with Gasteiger partial charge < -0.3 is 4.74 Å². The van der Waals surface area contributed by atoms with Crippen LogP contribution in [0.25, 0.3) is 0 Å². The van der Waals surface area contributed by atoms with Crippen LogP contribution < -0.4 is 0 Å². The number of benzene rings is 4. The number of hydrogen-bond acceptors (Lipinski definition) is 5. The highest BCUT2D eigenvalue weighted by Gasteiger charge is 2.73. The minimum absolute atomic E-state index is 0.0140. The highest BCUT2D eigenvalue weighted by molar-refractivity contribution is 6.36. The van der Waals surface area contributed by atoms with E-state index in [0.29, 0.717) is 32.8 Å². The van der Waals surface area contributed by atoms with Crippen molar-refractivity contribution in [3.05, 3.63) is 142 Å². The number of carbonyl (C=O) groups excluding carboxylic acids is 4. The molecule has 0 N–H and O–H groups in total. The first-order chi connectivity index (χ1) is 22.6. The third kappa shape index (κ3) is 4.83. The molecule has 10 heteroatoms. The molecule has 238 valence electrons. The maximum Gasteiger partial charge on any atom is 0.330 e. The van der Waals surface area contributed by atoms with Gasteiger partial charge >= 0.3 is 5.97 Å². The number of carbonyl (C=O) groups is 4. The fraction of sp³-hybridized carbons (Fsp3) is 0.243. The molecule has 0 aromatic heterocycles. The van der Waals surface area contributed by atoms with Crippen molar-refractivity contribution in [1.82, 2.24) is 4.90 Å². The van der Waals surface area contributed by atoms with Crippen LogP contribution in [0.5, 0.6) is 0 Å². The van der Waals surface area contributed by atoms with Crippen molar-refractivity contribution in [1.29, 1.82) is 0 Å². The topological polar surface area (TPSA) is 80.8 Å². The number of alkyl halides is 3. The Labute approximate surface area is 291 Å². The lowest BCUT2D eigenvalue weighted by Gasteiger charge is -2.54. The van der Waals surface area contributed by atoms with E-state index in [4.69, 9.17) is 51.1 Å². The first-order valence-electron chi connectivity index (χ1n) is 15.2. The Morgan fingerprint density at radius 3 is 1.66 bits per heavy atom. The molecule has 4 aliphatic rings. The molecule has 2 bridgehead atoms. The molecule has 2 amide bonds. The van der Waals surface area contributed by atoms with Gasteiger partial charge in [0.2, 0.25) is 17.6 Å². The molecule has 1 heterocycles. The summed E-state index contributed by atoms with van der Waals surface area (Å²) in [5.41, 5.74) is 3.56. The third-order valence-electron chi connectivity index (χ3n) is 9.53. The van der Waals surface area contributed by atoms with E-state index in [9.17, 15) is 19.2 Å². The number of likely N-dealkylation sites (tertiary alicyclic amines) is 1. The molecule has 0 unspecified atom stereocenters. The largest absolute Gasteiger partial charge is 0.452 e. The average Bonchev–Trinajstić information content (AvgIpc) is 3.36. The Bertz CT molecular complexity index is 1790. The minimum Gasteiger partial charge on any atom is -0.452 e. The Morgan fingerprint density at radius 1 is 0.723 bits per heavy atom. The van der Waals surface area contributed by atoms with Crippen molar-refractivity contribution in [2.24, 2.45) is 11.8 Å². The molecule has 4 aromatic carbocycles. The van der Waals surface area contributed by atoms with Crippen molar-refractivity contribution < 1.29 is 23.9 Å². The zero-order valence-electron chi connectivity index (χ0n) is 24.7. The Kier molecular flexibility index (Phi) is 8.20. The predicted octanol–water partition coefficient (Wildman–Crippen LogP) is 7.27. The monoisotopic (exact) mass is 705 g/mol. The molecule has 4 atom stereocenters. The summed E-state index contributed by atoms with van der Waals surface area (Å²) in [6.07, 6.45) is -1.30. The van der Waals surface area contributed by atoms with E-state index in [2.05, 4.69) is 0 Å². The molecule has 1 aliphatic heterocycles. The number of Topliss-reactive ketones (excluding diaryl/α,β-unsaturated/α-hetero) is 1. The van der Waals surface area contributed by atoms with Crippen molar-refractivity contribution in [3.8, 4) is 0 Å². The molecule has 6 nitrogen and oxygen atoms in total. The van der Waals surface area contributed by atoms with Gasteiger partial charge in [-0.1, -0.05) is 90.5 Å². The number of amides is 2. The first kappa shape index (κ1) is 31.9. The van der Waals surface area contributed by atoms with Crippen molar-refractivity contribution in [3.63, 3.8) is 0 Å². The number of ether oxygens (including phenoxy) is 1. The second-order valence-corrected chi connectivity index (χ2v) is 14.0. The van der Waals surface area contributed by atoms with Crippen LogP contribution in [0, 0.1) is 11.8 Å². The molecule has 47 heavy (non-hydrogen) atoms. The molecule has 0 radical (unpaired) electrons. The molecular formula is C37H27Cl4NO5. The normalized spacial score (nSPS) is 25.1. The van der Waals surface area contributed by atoms with Crippen LogP contribution in [0.4, 0.5) is 0 Å². The summed E-state index contributed by atoms with van der Waals surface area (Å²) in [7, 11) is 0. The molecule has 8 rings (SSSR count). The van der Waals surface area contributed by atoms with Crippen molar-refractivity contribution in [2.75, 3.05) is 5.88 Å². The molecule has 0 spiro atoms. The van der Waals surface area contributed by atoms with Crippen LogP contribution in [0.15, 0.2) is 103 Å². The lowest BCUT2D eigenvalue weighted by atomic mass is 9.54. The van der Waals surface area contributed by atoms with Crippen LogP contribution >= 0.6 is 46.4 Å². The molecule has 1 fully saturated rings. The van der Waals surface area contributed by atoms with Gasteiger partial charge in [0.15, 0.2) is 6.10 Å². The summed E-state index contributed by atoms with van der Waals surface area (Å²) in [5, 5.41) is 0.440. The number of halogens is 4. The zero-order valence-corrected chi connectivity index (χ0v) is 27.8. The lowest BCUT2D eigenvalue weighted by molar-refractivity contribution is -0.161. The van der Waals surface area contributed by atoms with E-state index in [-0.39, 0.29) is 24.3 Å². The maximum absolute atomic E-state index is 14.7. The summed E-state index contributed by atoms with van der Waals surface area (Å²) in [6, 6.07) is 28.4. The summed E-state index contributed by atoms with van der Waals surface area (Å²) in [5.74, 6) is -4.82. The van der Waals surface area contributed by atoms with Gasteiger partial charge in [-0.25, -0.2) is 4.79 Å². The molecular weight excluding hydrogens is 680 g/mol. The lowest BCUT2D eigenvalue weighted by Crippen LogP contribution is -2.57. The van der Waals surface area contributed by atoms with Crippen LogP contribution in [-0.2, 0) is 35.3 Å². The number of esters is 1. The molecule has 0 saturated carbocycles. The summed E-state index contributed by atoms with van der Waals surface area (Å²) in [6.45, 7) is 0. The fourth-order valence-electron chi connectivity index (χ4n) is 7.47. The second kappa shape index (κ2) is 12.1. The van der Waals surface area contributed by atoms with Gasteiger partial charge in [0, 0.05) is 29.3 Å². The van der Waals surface area contributed by atoms with Gasteiger partial charge in [0.25, 0.3) is 0 Å². The fourth-order valence-corrected chi connectivity index (χ4v) is 8.90. The van der Waals surface area contributed by atoms with Crippen molar-refractivity contribution >= 4 is 70.0 Å².